The third-order valence-corrected chi connectivity index (χ3v) is 3.91. The fraction of sp³-hybridized carbons (Fsp3) is 0.600. The Balaban J connectivity index is 2.02. The van der Waals surface area contributed by atoms with Crippen molar-refractivity contribution < 1.29 is 9.50 Å². The van der Waals surface area contributed by atoms with Gasteiger partial charge < -0.3 is 10.4 Å². The van der Waals surface area contributed by atoms with E-state index in [2.05, 4.69) is 19.2 Å². The van der Waals surface area contributed by atoms with Crippen LogP contribution < -0.4 is 5.32 Å². The Hall–Kier alpha value is -1.09. The van der Waals surface area contributed by atoms with Gasteiger partial charge in [-0.2, -0.15) is 0 Å². The second-order valence-corrected chi connectivity index (χ2v) is 6.20. The van der Waals surface area contributed by atoms with Crippen LogP contribution >= 0.6 is 0 Å². The summed E-state index contributed by atoms with van der Waals surface area (Å²) in [6.45, 7) is 6.59. The number of phenols is 1. The van der Waals surface area contributed by atoms with Crippen LogP contribution in [0.15, 0.2) is 18.2 Å². The van der Waals surface area contributed by atoms with Crippen molar-refractivity contribution in [3.8, 4) is 5.75 Å². The highest BCUT2D eigenvalue weighted by Crippen LogP contribution is 2.38. The molecular formula is C15H22FNO. The summed E-state index contributed by atoms with van der Waals surface area (Å²) in [5.41, 5.74) is 1.17. The molecule has 1 aromatic carbocycles. The van der Waals surface area contributed by atoms with E-state index in [4.69, 9.17) is 0 Å². The minimum absolute atomic E-state index is 0.0345. The monoisotopic (exact) mass is 251 g/mol. The highest BCUT2D eigenvalue weighted by atomic mass is 19.1. The van der Waals surface area contributed by atoms with Gasteiger partial charge in [0.2, 0.25) is 0 Å². The van der Waals surface area contributed by atoms with E-state index >= 15 is 0 Å². The Morgan fingerprint density at radius 3 is 2.72 bits per heavy atom. The molecule has 0 spiro atoms. The molecule has 2 unspecified atom stereocenters. The number of nitrogens with one attached hydrogen (secondary N) is 1. The van der Waals surface area contributed by atoms with Crippen molar-refractivity contribution in [3.63, 3.8) is 0 Å². The standard InChI is InChI=1S/C15H22FNO/c1-10(13-5-4-11(16)8-14(13)18)17-12-6-7-15(2,3)9-12/h4-5,8,10,12,17-18H,6-7,9H2,1-3H3. The van der Waals surface area contributed by atoms with E-state index in [0.29, 0.717) is 11.5 Å². The molecule has 2 N–H and O–H groups in total. The Kier molecular flexibility index (Phi) is 3.62. The van der Waals surface area contributed by atoms with Crippen molar-refractivity contribution in [1.29, 1.82) is 0 Å². The Labute approximate surface area is 108 Å². The summed E-state index contributed by atoms with van der Waals surface area (Å²) in [6.07, 6.45) is 3.55. The average Bonchev–Trinajstić information content (AvgIpc) is 2.57. The summed E-state index contributed by atoms with van der Waals surface area (Å²) in [7, 11) is 0. The van der Waals surface area contributed by atoms with E-state index in [9.17, 15) is 9.50 Å². The first-order valence-corrected chi connectivity index (χ1v) is 6.62. The van der Waals surface area contributed by atoms with Gasteiger partial charge in [0.25, 0.3) is 0 Å². The van der Waals surface area contributed by atoms with E-state index in [1.54, 1.807) is 6.07 Å². The average molecular weight is 251 g/mol. The lowest BCUT2D eigenvalue weighted by Crippen LogP contribution is -2.30. The molecule has 0 aliphatic heterocycles. The molecule has 0 amide bonds. The fourth-order valence-corrected chi connectivity index (χ4v) is 2.90. The third kappa shape index (κ3) is 3.02. The van der Waals surface area contributed by atoms with Gasteiger partial charge in [-0.25, -0.2) is 4.39 Å². The molecule has 2 rings (SSSR count). The van der Waals surface area contributed by atoms with Gasteiger partial charge in [0.1, 0.15) is 11.6 Å². The summed E-state index contributed by atoms with van der Waals surface area (Å²) in [6, 6.07) is 4.75. The van der Waals surface area contributed by atoms with Crippen LogP contribution in [0.1, 0.15) is 51.6 Å². The highest BCUT2D eigenvalue weighted by Gasteiger charge is 2.31. The highest BCUT2D eigenvalue weighted by molar-refractivity contribution is 5.35. The van der Waals surface area contributed by atoms with Gasteiger partial charge in [-0.3, -0.25) is 0 Å². The van der Waals surface area contributed by atoms with Gasteiger partial charge >= 0.3 is 0 Å². The van der Waals surface area contributed by atoms with Crippen molar-refractivity contribution in [2.24, 2.45) is 5.41 Å². The molecule has 0 heterocycles. The molecular weight excluding hydrogens is 229 g/mol. The zero-order valence-electron chi connectivity index (χ0n) is 11.3. The summed E-state index contributed by atoms with van der Waals surface area (Å²) in [4.78, 5) is 0. The van der Waals surface area contributed by atoms with Crippen LogP contribution in [0, 0.1) is 11.2 Å². The summed E-state index contributed by atoms with van der Waals surface area (Å²) in [5.74, 6) is -0.363. The van der Waals surface area contributed by atoms with E-state index in [-0.39, 0.29) is 11.8 Å². The van der Waals surface area contributed by atoms with Crippen molar-refractivity contribution in [1.82, 2.24) is 5.32 Å². The lowest BCUT2D eigenvalue weighted by molar-refractivity contribution is 0.354. The van der Waals surface area contributed by atoms with Crippen molar-refractivity contribution in [2.75, 3.05) is 0 Å². The van der Waals surface area contributed by atoms with Crippen LogP contribution in [-0.2, 0) is 0 Å². The molecule has 3 heteroatoms. The van der Waals surface area contributed by atoms with Crippen molar-refractivity contribution >= 4 is 0 Å². The first-order valence-electron chi connectivity index (χ1n) is 6.62. The van der Waals surface area contributed by atoms with Crippen LogP contribution in [0.3, 0.4) is 0 Å². The lowest BCUT2D eigenvalue weighted by atomic mass is 9.91. The predicted octanol–water partition coefficient (Wildman–Crippen LogP) is 3.76. The molecule has 1 aliphatic rings. The first kappa shape index (κ1) is 13.3. The number of aromatic hydroxyl groups is 1. The Morgan fingerprint density at radius 1 is 1.44 bits per heavy atom. The number of halogens is 1. The zero-order chi connectivity index (χ0) is 13.3. The molecule has 2 nitrogen and oxygen atoms in total. The number of rotatable bonds is 3. The minimum atomic E-state index is -0.398. The van der Waals surface area contributed by atoms with E-state index in [1.807, 2.05) is 6.92 Å². The topological polar surface area (TPSA) is 32.3 Å². The Morgan fingerprint density at radius 2 is 2.17 bits per heavy atom. The molecule has 1 fully saturated rings. The molecule has 1 aliphatic carbocycles. The number of benzene rings is 1. The summed E-state index contributed by atoms with van der Waals surface area (Å²) in [5, 5.41) is 13.3. The van der Waals surface area contributed by atoms with Crippen molar-refractivity contribution in [2.45, 2.75) is 52.1 Å². The summed E-state index contributed by atoms with van der Waals surface area (Å²) < 4.78 is 12.9. The van der Waals surface area contributed by atoms with Gasteiger partial charge in [0, 0.05) is 23.7 Å². The number of hydrogen-bond donors (Lipinski definition) is 2. The van der Waals surface area contributed by atoms with Gasteiger partial charge in [0.05, 0.1) is 0 Å². The zero-order valence-corrected chi connectivity index (χ0v) is 11.3. The van der Waals surface area contributed by atoms with Crippen LogP contribution in [-0.4, -0.2) is 11.1 Å². The van der Waals surface area contributed by atoms with Crippen LogP contribution in [0.5, 0.6) is 5.75 Å². The maximum Gasteiger partial charge on any atom is 0.126 e. The second kappa shape index (κ2) is 4.88. The Bertz CT molecular complexity index is 431. The first-order chi connectivity index (χ1) is 8.37. The predicted molar refractivity (Wildman–Crippen MR) is 71.0 cm³/mol. The molecule has 0 radical (unpaired) electrons. The van der Waals surface area contributed by atoms with Gasteiger partial charge in [-0.1, -0.05) is 19.9 Å². The maximum atomic E-state index is 12.9. The van der Waals surface area contributed by atoms with Crippen LogP contribution in [0.2, 0.25) is 0 Å². The van der Waals surface area contributed by atoms with E-state index in [1.165, 1.54) is 25.0 Å². The SMILES string of the molecule is CC(NC1CCC(C)(C)C1)c1ccc(F)cc1O. The van der Waals surface area contributed by atoms with E-state index in [0.717, 1.165) is 12.0 Å². The molecule has 0 saturated heterocycles. The number of phenolic OH excluding ortho intramolecular Hbond substituents is 1. The minimum Gasteiger partial charge on any atom is -0.508 e. The lowest BCUT2D eigenvalue weighted by Gasteiger charge is -2.22. The smallest absolute Gasteiger partial charge is 0.126 e. The molecule has 18 heavy (non-hydrogen) atoms. The molecule has 0 bridgehead atoms. The molecule has 2 atom stereocenters. The fourth-order valence-electron chi connectivity index (χ4n) is 2.90. The molecule has 1 saturated carbocycles. The maximum absolute atomic E-state index is 12.9. The van der Waals surface area contributed by atoms with Crippen LogP contribution in [0.25, 0.3) is 0 Å². The quantitative estimate of drug-likeness (QED) is 0.857. The van der Waals surface area contributed by atoms with Gasteiger partial charge in [-0.05, 0) is 37.7 Å². The molecule has 100 valence electrons. The normalized spacial score (nSPS) is 24.1. The van der Waals surface area contributed by atoms with Crippen molar-refractivity contribution in [3.05, 3.63) is 29.6 Å². The van der Waals surface area contributed by atoms with E-state index < -0.39 is 5.82 Å². The molecule has 0 aromatic heterocycles. The third-order valence-electron chi connectivity index (χ3n) is 3.91. The van der Waals surface area contributed by atoms with Gasteiger partial charge in [-0.15, -0.1) is 0 Å². The number of hydrogen-bond acceptors (Lipinski definition) is 2. The summed E-state index contributed by atoms with van der Waals surface area (Å²) >= 11 is 0. The second-order valence-electron chi connectivity index (χ2n) is 6.20. The largest absolute Gasteiger partial charge is 0.508 e. The van der Waals surface area contributed by atoms with Crippen LogP contribution in [0.4, 0.5) is 4.39 Å². The molecule has 1 aromatic rings. The van der Waals surface area contributed by atoms with Gasteiger partial charge in [0.15, 0.2) is 0 Å².